The van der Waals surface area contributed by atoms with Gasteiger partial charge in [-0.3, -0.25) is 0 Å². The molecule has 0 spiro atoms. The number of piperidine rings is 1. The maximum absolute atomic E-state index is 12.8. The third kappa shape index (κ3) is 4.29. The van der Waals surface area contributed by atoms with Crippen molar-refractivity contribution in [2.75, 3.05) is 33.9 Å². The minimum atomic E-state index is -3.58. The molecule has 1 unspecified atom stereocenters. The van der Waals surface area contributed by atoms with Crippen molar-refractivity contribution in [3.63, 3.8) is 0 Å². The van der Waals surface area contributed by atoms with Gasteiger partial charge >= 0.3 is 0 Å². The molecule has 9 heteroatoms. The van der Waals surface area contributed by atoms with Crippen molar-refractivity contribution in [3.8, 4) is 11.5 Å². The van der Waals surface area contributed by atoms with Gasteiger partial charge in [-0.05, 0) is 30.9 Å². The summed E-state index contributed by atoms with van der Waals surface area (Å²) in [5.74, 6) is 0.870. The molecule has 0 aliphatic carbocycles. The molecule has 0 saturated carbocycles. The normalized spacial score (nSPS) is 19.1. The lowest BCUT2D eigenvalue weighted by Crippen LogP contribution is -2.47. The molecule has 1 aromatic carbocycles. The fraction of sp³-hybridized carbons (Fsp3) is 0.529. The van der Waals surface area contributed by atoms with Crippen molar-refractivity contribution in [1.29, 1.82) is 0 Å². The van der Waals surface area contributed by atoms with Crippen LogP contribution < -0.4 is 0 Å². The highest BCUT2D eigenvalue weighted by atomic mass is 32.2. The van der Waals surface area contributed by atoms with Crippen LogP contribution in [0.2, 0.25) is 0 Å². The largest absolute Gasteiger partial charge is 0.419 e. The van der Waals surface area contributed by atoms with Crippen LogP contribution in [0.25, 0.3) is 11.5 Å². The van der Waals surface area contributed by atoms with Gasteiger partial charge in [0.15, 0.2) is 0 Å². The van der Waals surface area contributed by atoms with Gasteiger partial charge in [0.25, 0.3) is 10.2 Å². The summed E-state index contributed by atoms with van der Waals surface area (Å²) in [6, 6.07) is 9.38. The van der Waals surface area contributed by atoms with Gasteiger partial charge in [0.1, 0.15) is 0 Å². The Morgan fingerprint density at radius 1 is 1.31 bits per heavy atom. The van der Waals surface area contributed by atoms with E-state index >= 15 is 0 Å². The summed E-state index contributed by atoms with van der Waals surface area (Å²) in [4.78, 5) is 0. The van der Waals surface area contributed by atoms with E-state index in [1.807, 2.05) is 30.3 Å². The summed E-state index contributed by atoms with van der Waals surface area (Å²) in [6.07, 6.45) is 1.81. The van der Waals surface area contributed by atoms with E-state index < -0.39 is 10.2 Å². The van der Waals surface area contributed by atoms with Crippen LogP contribution in [0.15, 0.2) is 34.7 Å². The first-order valence-electron chi connectivity index (χ1n) is 8.59. The third-order valence-corrected chi connectivity index (χ3v) is 6.35. The Balaban J connectivity index is 1.67. The fourth-order valence-corrected chi connectivity index (χ4v) is 4.52. The van der Waals surface area contributed by atoms with E-state index in [1.54, 1.807) is 7.11 Å². The Morgan fingerprint density at radius 3 is 2.81 bits per heavy atom. The lowest BCUT2D eigenvalue weighted by Gasteiger charge is -2.33. The molecular weight excluding hydrogens is 356 g/mol. The molecule has 1 aliphatic rings. The minimum absolute atomic E-state index is 0.0353. The highest BCUT2D eigenvalue weighted by Gasteiger charge is 2.32. The predicted molar refractivity (Wildman–Crippen MR) is 96.3 cm³/mol. The molecule has 1 fully saturated rings. The van der Waals surface area contributed by atoms with Gasteiger partial charge in [-0.1, -0.05) is 18.2 Å². The molecule has 26 heavy (non-hydrogen) atoms. The highest BCUT2D eigenvalue weighted by molar-refractivity contribution is 7.86. The summed E-state index contributed by atoms with van der Waals surface area (Å²) >= 11 is 0. The third-order valence-electron chi connectivity index (χ3n) is 4.45. The summed E-state index contributed by atoms with van der Waals surface area (Å²) in [6.45, 7) is 1.60. The number of nitrogens with zero attached hydrogens (tertiary/aromatic N) is 4. The molecule has 3 rings (SSSR count). The number of methoxy groups -OCH3 is 1. The first-order valence-corrected chi connectivity index (χ1v) is 9.98. The zero-order chi connectivity index (χ0) is 18.6. The zero-order valence-electron chi connectivity index (χ0n) is 15.0. The van der Waals surface area contributed by atoms with Crippen LogP contribution in [0.3, 0.4) is 0 Å². The molecule has 142 valence electrons. The van der Waals surface area contributed by atoms with Crippen LogP contribution in [0, 0.1) is 5.92 Å². The number of benzene rings is 1. The smallest absolute Gasteiger partial charge is 0.282 e. The Labute approximate surface area is 153 Å². The van der Waals surface area contributed by atoms with Crippen molar-refractivity contribution in [1.82, 2.24) is 18.8 Å². The van der Waals surface area contributed by atoms with Crippen molar-refractivity contribution in [2.45, 2.75) is 19.4 Å². The van der Waals surface area contributed by atoms with E-state index in [9.17, 15) is 8.42 Å². The topological polar surface area (TPSA) is 88.8 Å². The maximum atomic E-state index is 12.8. The average molecular weight is 380 g/mol. The second kappa shape index (κ2) is 8.26. The number of hydrogen-bond acceptors (Lipinski definition) is 6. The van der Waals surface area contributed by atoms with E-state index in [1.165, 1.54) is 15.7 Å². The van der Waals surface area contributed by atoms with Crippen LogP contribution in [-0.2, 0) is 21.5 Å². The number of hydrogen-bond donors (Lipinski definition) is 0. The molecule has 1 atom stereocenters. The Morgan fingerprint density at radius 2 is 2.08 bits per heavy atom. The van der Waals surface area contributed by atoms with E-state index in [0.29, 0.717) is 25.6 Å². The first-order chi connectivity index (χ1) is 12.5. The lowest BCUT2D eigenvalue weighted by molar-refractivity contribution is 0.116. The van der Waals surface area contributed by atoms with Crippen molar-refractivity contribution in [3.05, 3.63) is 36.2 Å². The van der Waals surface area contributed by atoms with Gasteiger partial charge in [0, 0.05) is 32.8 Å². The fourth-order valence-electron chi connectivity index (χ4n) is 3.09. The van der Waals surface area contributed by atoms with E-state index in [2.05, 4.69) is 10.2 Å². The molecule has 0 radical (unpaired) electrons. The number of rotatable bonds is 7. The first kappa shape index (κ1) is 19.0. The van der Waals surface area contributed by atoms with E-state index in [0.717, 1.165) is 18.4 Å². The molecule has 0 bridgehead atoms. The van der Waals surface area contributed by atoms with Gasteiger partial charge in [-0.2, -0.15) is 17.0 Å². The van der Waals surface area contributed by atoms with Crippen molar-refractivity contribution in [2.24, 2.45) is 5.92 Å². The van der Waals surface area contributed by atoms with Crippen molar-refractivity contribution >= 4 is 10.2 Å². The molecule has 2 aromatic rings. The Bertz CT molecular complexity index is 807. The molecule has 8 nitrogen and oxygen atoms in total. The van der Waals surface area contributed by atoms with Gasteiger partial charge < -0.3 is 9.15 Å². The van der Waals surface area contributed by atoms with Crippen LogP contribution in [0.5, 0.6) is 0 Å². The van der Waals surface area contributed by atoms with E-state index in [-0.39, 0.29) is 18.4 Å². The van der Waals surface area contributed by atoms with Crippen LogP contribution in [0.4, 0.5) is 0 Å². The molecular formula is C17H24N4O4S. The van der Waals surface area contributed by atoms with E-state index in [4.69, 9.17) is 9.15 Å². The van der Waals surface area contributed by atoms with Crippen LogP contribution in [-0.4, -0.2) is 61.1 Å². The number of aromatic nitrogens is 2. The average Bonchev–Trinajstić information content (AvgIpc) is 3.11. The molecule has 2 heterocycles. The van der Waals surface area contributed by atoms with Gasteiger partial charge in [-0.15, -0.1) is 10.2 Å². The highest BCUT2D eigenvalue weighted by Crippen LogP contribution is 2.22. The summed E-state index contributed by atoms with van der Waals surface area (Å²) in [7, 11) is -0.416. The molecule has 1 saturated heterocycles. The van der Waals surface area contributed by atoms with Crippen LogP contribution >= 0.6 is 0 Å². The second-order valence-corrected chi connectivity index (χ2v) is 8.49. The molecule has 1 aliphatic heterocycles. The SMILES string of the molecule is COCC1CCCN(S(=O)(=O)N(C)Cc2nnc(-c3ccccc3)o2)C1. The monoisotopic (exact) mass is 380 g/mol. The quantitative estimate of drug-likeness (QED) is 0.727. The molecule has 0 amide bonds. The maximum Gasteiger partial charge on any atom is 0.282 e. The summed E-state index contributed by atoms with van der Waals surface area (Å²) < 4.78 is 39.2. The van der Waals surface area contributed by atoms with Crippen molar-refractivity contribution < 1.29 is 17.6 Å². The van der Waals surface area contributed by atoms with Gasteiger partial charge in [-0.25, -0.2) is 0 Å². The summed E-state index contributed by atoms with van der Waals surface area (Å²) in [5, 5.41) is 7.98. The second-order valence-electron chi connectivity index (χ2n) is 6.45. The Hall–Kier alpha value is -1.81. The van der Waals surface area contributed by atoms with Gasteiger partial charge in [0.05, 0.1) is 13.2 Å². The zero-order valence-corrected chi connectivity index (χ0v) is 15.9. The predicted octanol–water partition coefficient (Wildman–Crippen LogP) is 1.77. The van der Waals surface area contributed by atoms with Crippen LogP contribution in [0.1, 0.15) is 18.7 Å². The standard InChI is InChI=1S/C17H24N4O4S/c1-20(26(22,23)21-10-6-7-14(11-21)13-24-2)12-16-18-19-17(25-16)15-8-4-3-5-9-15/h3-5,8-9,14H,6-7,10-13H2,1-2H3. The number of ether oxygens (including phenoxy) is 1. The minimum Gasteiger partial charge on any atom is -0.419 e. The summed E-state index contributed by atoms with van der Waals surface area (Å²) in [5.41, 5.74) is 0.801. The lowest BCUT2D eigenvalue weighted by atomic mass is 10.0. The molecule has 1 aromatic heterocycles. The van der Waals surface area contributed by atoms with Gasteiger partial charge in [0.2, 0.25) is 11.8 Å². The Kier molecular flexibility index (Phi) is 6.02. The molecule has 0 N–H and O–H groups in total.